The number of nitrogens with zero attached hydrogens (tertiary/aromatic N) is 4. The first-order valence-electron chi connectivity index (χ1n) is 14.0. The quantitative estimate of drug-likeness (QED) is 0.245. The number of thioether (sulfide) groups is 1. The molecule has 3 aromatic carbocycles. The van der Waals surface area contributed by atoms with Gasteiger partial charge in [0.2, 0.25) is 11.8 Å². The molecule has 1 N–H and O–H groups in total. The average Bonchev–Trinajstić information content (AvgIpc) is 3.33. The molecule has 0 fully saturated rings. The Balaban J connectivity index is 1.53. The molecule has 0 bridgehead atoms. The number of nitrogens with one attached hydrogen (secondary N) is 1. The van der Waals surface area contributed by atoms with Gasteiger partial charge in [0.1, 0.15) is 18.2 Å². The molecule has 0 aliphatic carbocycles. The Bertz CT molecular complexity index is 1770. The van der Waals surface area contributed by atoms with Crippen LogP contribution in [-0.2, 0) is 16.1 Å². The molecule has 6 rings (SSSR count). The van der Waals surface area contributed by atoms with E-state index in [1.165, 1.54) is 23.9 Å². The van der Waals surface area contributed by atoms with Gasteiger partial charge in [-0.15, -0.1) is 11.8 Å². The highest BCUT2D eigenvalue weighted by atomic mass is 32.2. The van der Waals surface area contributed by atoms with Gasteiger partial charge >= 0.3 is 0 Å². The Morgan fingerprint density at radius 3 is 2.53 bits per heavy atom. The lowest BCUT2D eigenvalue weighted by molar-refractivity contribution is -0.123. The van der Waals surface area contributed by atoms with Gasteiger partial charge in [0.15, 0.2) is 0 Å². The highest BCUT2D eigenvalue weighted by molar-refractivity contribution is 8.00. The fourth-order valence-corrected chi connectivity index (χ4v) is 6.54. The molecule has 2 amide bonds. The molecule has 0 radical (unpaired) electrons. The van der Waals surface area contributed by atoms with E-state index >= 15 is 0 Å². The van der Waals surface area contributed by atoms with Crippen molar-refractivity contribution >= 4 is 29.4 Å². The number of pyridine rings is 1. The molecule has 1 atom stereocenters. The van der Waals surface area contributed by atoms with Crippen molar-refractivity contribution in [1.82, 2.24) is 20.1 Å². The summed E-state index contributed by atoms with van der Waals surface area (Å²) >= 11 is 1.45. The van der Waals surface area contributed by atoms with Crippen molar-refractivity contribution in [3.05, 3.63) is 131 Å². The Kier molecular flexibility index (Phi) is 8.07. The molecule has 216 valence electrons. The maximum Gasteiger partial charge on any atom is 0.240 e. The number of anilines is 1. The normalized spacial score (nSPS) is 14.7. The van der Waals surface area contributed by atoms with Crippen LogP contribution in [0.4, 0.5) is 10.2 Å². The molecule has 0 unspecified atom stereocenters. The maximum absolute atomic E-state index is 14.0. The number of amides is 2. The van der Waals surface area contributed by atoms with Gasteiger partial charge in [0, 0.05) is 30.1 Å². The minimum Gasteiger partial charge on any atom is -0.350 e. The number of hydrogen-bond donors (Lipinski definition) is 1. The zero-order valence-electron chi connectivity index (χ0n) is 23.8. The van der Waals surface area contributed by atoms with Crippen molar-refractivity contribution in [3.8, 4) is 16.9 Å². The monoisotopic (exact) mass is 591 g/mol. The summed E-state index contributed by atoms with van der Waals surface area (Å²) in [5.41, 5.74) is 6.98. The Morgan fingerprint density at radius 1 is 1.02 bits per heavy atom. The summed E-state index contributed by atoms with van der Waals surface area (Å²) in [5.74, 6) is -0.180. The smallest absolute Gasteiger partial charge is 0.240 e. The molecule has 0 spiro atoms. The van der Waals surface area contributed by atoms with Crippen LogP contribution in [0.1, 0.15) is 33.1 Å². The zero-order valence-corrected chi connectivity index (χ0v) is 24.6. The number of carbonyl (C=O) groups excluding carboxylic acids is 2. The van der Waals surface area contributed by atoms with Gasteiger partial charge in [-0.05, 0) is 54.8 Å². The molecule has 1 aliphatic heterocycles. The van der Waals surface area contributed by atoms with Gasteiger partial charge in [-0.3, -0.25) is 19.5 Å². The topological polar surface area (TPSA) is 80.1 Å². The van der Waals surface area contributed by atoms with Gasteiger partial charge in [-0.25, -0.2) is 9.07 Å². The van der Waals surface area contributed by atoms with Crippen molar-refractivity contribution in [2.24, 2.45) is 0 Å². The lowest BCUT2D eigenvalue weighted by Gasteiger charge is -2.24. The summed E-state index contributed by atoms with van der Waals surface area (Å²) < 4.78 is 15.8. The molecule has 2 aromatic heterocycles. The average molecular weight is 592 g/mol. The van der Waals surface area contributed by atoms with Crippen LogP contribution in [0.15, 0.2) is 97.3 Å². The van der Waals surface area contributed by atoms with Crippen LogP contribution in [0, 0.1) is 19.7 Å². The zero-order chi connectivity index (χ0) is 29.9. The molecule has 0 saturated heterocycles. The van der Waals surface area contributed by atoms with E-state index in [2.05, 4.69) is 16.4 Å². The molecule has 1 aliphatic rings. The van der Waals surface area contributed by atoms with Crippen molar-refractivity contribution in [1.29, 1.82) is 0 Å². The van der Waals surface area contributed by atoms with Gasteiger partial charge in [-0.2, -0.15) is 5.10 Å². The van der Waals surface area contributed by atoms with Gasteiger partial charge in [0.25, 0.3) is 0 Å². The Labute approximate surface area is 253 Å². The summed E-state index contributed by atoms with van der Waals surface area (Å²) in [6, 6.07) is 25.9. The van der Waals surface area contributed by atoms with Gasteiger partial charge in [0.05, 0.1) is 22.4 Å². The molecule has 3 heterocycles. The fraction of sp³-hybridized carbons (Fsp3) is 0.176. The first-order chi connectivity index (χ1) is 20.9. The summed E-state index contributed by atoms with van der Waals surface area (Å²) in [7, 11) is 0. The van der Waals surface area contributed by atoms with E-state index in [0.717, 1.165) is 39.1 Å². The van der Waals surface area contributed by atoms with E-state index in [1.807, 2.05) is 68.4 Å². The van der Waals surface area contributed by atoms with Crippen molar-refractivity contribution in [2.75, 3.05) is 17.2 Å². The summed E-state index contributed by atoms with van der Waals surface area (Å²) in [6.45, 7) is 4.14. The molecule has 5 aromatic rings. The number of aryl methyl sites for hydroxylation is 2. The van der Waals surface area contributed by atoms with Crippen LogP contribution in [0.3, 0.4) is 0 Å². The van der Waals surface area contributed by atoms with E-state index in [1.54, 1.807) is 34.1 Å². The SMILES string of the molecule is Cc1ccc(-n2nc(-c3ccccc3)c3c2N(CC(=O)NCc2cccnc2)C(=O)CS[C@H]3c2ccc(F)cc2)c(C)c1. The number of benzene rings is 3. The molecule has 9 heteroatoms. The van der Waals surface area contributed by atoms with Crippen molar-refractivity contribution < 1.29 is 14.0 Å². The van der Waals surface area contributed by atoms with Crippen LogP contribution in [-0.4, -0.2) is 38.9 Å². The number of fused-ring (bicyclic) bond motifs is 1. The van der Waals surface area contributed by atoms with Gasteiger partial charge in [-0.1, -0.05) is 66.2 Å². The highest BCUT2D eigenvalue weighted by Crippen LogP contribution is 2.48. The lowest BCUT2D eigenvalue weighted by Crippen LogP contribution is -2.42. The second-order valence-electron chi connectivity index (χ2n) is 10.5. The standard InChI is InChI=1S/C34H30FN5O2S/c1-22-10-15-28(23(2)17-22)40-34-31(32(38-40)25-8-4-3-5-9-25)33(26-11-13-27(35)14-12-26)43-21-30(42)39(34)20-29(41)37-19-24-7-6-16-36-18-24/h3-18,33H,19-21H2,1-2H3,(H,37,41)/t33-/m0/s1. The maximum atomic E-state index is 14.0. The van der Waals surface area contributed by atoms with E-state index in [0.29, 0.717) is 18.1 Å². The molecular weight excluding hydrogens is 561 g/mol. The largest absolute Gasteiger partial charge is 0.350 e. The first kappa shape index (κ1) is 28.4. The first-order valence-corrected chi connectivity index (χ1v) is 15.0. The Morgan fingerprint density at radius 2 is 1.81 bits per heavy atom. The summed E-state index contributed by atoms with van der Waals surface area (Å²) in [4.78, 5) is 32.9. The molecule has 43 heavy (non-hydrogen) atoms. The van der Waals surface area contributed by atoms with Crippen LogP contribution in [0.2, 0.25) is 0 Å². The lowest BCUT2D eigenvalue weighted by atomic mass is 9.99. The van der Waals surface area contributed by atoms with E-state index in [4.69, 9.17) is 5.10 Å². The van der Waals surface area contributed by atoms with E-state index in [9.17, 15) is 14.0 Å². The molecule has 0 saturated carbocycles. The minimum atomic E-state index is -0.335. The number of carbonyl (C=O) groups is 2. The second kappa shape index (κ2) is 12.2. The highest BCUT2D eigenvalue weighted by Gasteiger charge is 2.38. The predicted octanol–water partition coefficient (Wildman–Crippen LogP) is 6.18. The van der Waals surface area contributed by atoms with Crippen LogP contribution in [0.5, 0.6) is 0 Å². The number of halogens is 1. The van der Waals surface area contributed by atoms with Crippen LogP contribution in [0.25, 0.3) is 16.9 Å². The van der Waals surface area contributed by atoms with E-state index in [-0.39, 0.29) is 35.2 Å². The third-order valence-corrected chi connectivity index (χ3v) is 8.66. The molecular formula is C34H30FN5O2S. The van der Waals surface area contributed by atoms with Crippen molar-refractivity contribution in [2.45, 2.75) is 25.6 Å². The number of rotatable bonds is 7. The van der Waals surface area contributed by atoms with E-state index < -0.39 is 0 Å². The minimum absolute atomic E-state index is 0.133. The molecule has 7 nitrogen and oxygen atoms in total. The van der Waals surface area contributed by atoms with Crippen LogP contribution < -0.4 is 10.2 Å². The van der Waals surface area contributed by atoms with Crippen LogP contribution >= 0.6 is 11.8 Å². The summed E-state index contributed by atoms with van der Waals surface area (Å²) in [5, 5.41) is 7.74. The summed E-state index contributed by atoms with van der Waals surface area (Å²) in [6.07, 6.45) is 3.37. The third kappa shape index (κ3) is 5.94. The number of aromatic nitrogens is 3. The predicted molar refractivity (Wildman–Crippen MR) is 168 cm³/mol. The second-order valence-corrected chi connectivity index (χ2v) is 11.6. The van der Waals surface area contributed by atoms with Gasteiger partial charge < -0.3 is 5.32 Å². The number of hydrogen-bond acceptors (Lipinski definition) is 5. The Hall–Kier alpha value is -4.76. The van der Waals surface area contributed by atoms with Crippen molar-refractivity contribution in [3.63, 3.8) is 0 Å². The third-order valence-electron chi connectivity index (χ3n) is 7.40. The fourth-order valence-electron chi connectivity index (χ4n) is 5.34.